The van der Waals surface area contributed by atoms with Gasteiger partial charge in [0.1, 0.15) is 6.10 Å². The number of aliphatic carboxylic acids is 1. The summed E-state index contributed by atoms with van der Waals surface area (Å²) in [4.78, 5) is 10.5. The van der Waals surface area contributed by atoms with Crippen LogP contribution in [0.4, 0.5) is 0 Å². The Balaban J connectivity index is 2.66. The van der Waals surface area contributed by atoms with Gasteiger partial charge >= 0.3 is 5.97 Å². The summed E-state index contributed by atoms with van der Waals surface area (Å²) in [6, 6.07) is 7.06. The zero-order valence-electron chi connectivity index (χ0n) is 11.0. The van der Waals surface area contributed by atoms with Gasteiger partial charge in [-0.2, -0.15) is 0 Å². The first-order valence-corrected chi connectivity index (χ1v) is 6.36. The van der Waals surface area contributed by atoms with E-state index in [2.05, 4.69) is 5.32 Å². The second-order valence-corrected chi connectivity index (χ2v) is 4.54. The van der Waals surface area contributed by atoms with Crippen molar-refractivity contribution in [3.05, 3.63) is 35.4 Å². The SMILES string of the molecule is CNCCC(O)C(O)c1cccc(CCC(=O)O)c1. The highest BCUT2D eigenvalue weighted by molar-refractivity contribution is 5.67. The molecule has 0 aliphatic rings. The van der Waals surface area contributed by atoms with Gasteiger partial charge in [0, 0.05) is 6.42 Å². The van der Waals surface area contributed by atoms with Gasteiger partial charge in [0.15, 0.2) is 0 Å². The van der Waals surface area contributed by atoms with Crippen LogP contribution in [-0.2, 0) is 11.2 Å². The maximum atomic E-state index is 10.5. The molecule has 5 nitrogen and oxygen atoms in total. The van der Waals surface area contributed by atoms with Gasteiger partial charge in [0.2, 0.25) is 0 Å². The maximum Gasteiger partial charge on any atom is 0.303 e. The molecule has 2 atom stereocenters. The van der Waals surface area contributed by atoms with E-state index in [1.54, 1.807) is 25.2 Å². The van der Waals surface area contributed by atoms with Gasteiger partial charge in [-0.15, -0.1) is 0 Å². The Hall–Kier alpha value is -1.43. The molecule has 0 fully saturated rings. The molecular formula is C14H21NO4. The van der Waals surface area contributed by atoms with Crippen LogP contribution in [0.2, 0.25) is 0 Å². The van der Waals surface area contributed by atoms with E-state index < -0.39 is 18.2 Å². The highest BCUT2D eigenvalue weighted by atomic mass is 16.4. The third-order valence-corrected chi connectivity index (χ3v) is 2.97. The Morgan fingerprint density at radius 2 is 2.11 bits per heavy atom. The van der Waals surface area contributed by atoms with Crippen molar-refractivity contribution >= 4 is 5.97 Å². The molecule has 1 rings (SSSR count). The molecule has 0 bridgehead atoms. The first-order chi connectivity index (χ1) is 9.04. The molecule has 5 heteroatoms. The lowest BCUT2D eigenvalue weighted by molar-refractivity contribution is -0.136. The second-order valence-electron chi connectivity index (χ2n) is 4.54. The minimum atomic E-state index is -0.946. The summed E-state index contributed by atoms with van der Waals surface area (Å²) in [6.45, 7) is 0.622. The van der Waals surface area contributed by atoms with E-state index >= 15 is 0 Å². The first-order valence-electron chi connectivity index (χ1n) is 6.36. The fourth-order valence-electron chi connectivity index (χ4n) is 1.86. The Bertz CT molecular complexity index is 408. The molecule has 0 saturated heterocycles. The normalized spacial score (nSPS) is 14.1. The summed E-state index contributed by atoms with van der Waals surface area (Å²) in [7, 11) is 1.78. The van der Waals surface area contributed by atoms with E-state index in [1.165, 1.54) is 0 Å². The Morgan fingerprint density at radius 3 is 2.74 bits per heavy atom. The molecule has 0 amide bonds. The van der Waals surface area contributed by atoms with Crippen LogP contribution in [0.1, 0.15) is 30.1 Å². The van der Waals surface area contributed by atoms with Gasteiger partial charge in [0.25, 0.3) is 0 Å². The second kappa shape index (κ2) is 7.89. The first kappa shape index (κ1) is 15.6. The molecule has 0 heterocycles. The topological polar surface area (TPSA) is 89.8 Å². The van der Waals surface area contributed by atoms with Crippen LogP contribution in [0.5, 0.6) is 0 Å². The number of carboxylic acids is 1. The molecule has 2 unspecified atom stereocenters. The summed E-state index contributed by atoms with van der Waals surface area (Å²) in [5.74, 6) is -0.847. The molecule has 0 aliphatic heterocycles. The quantitative estimate of drug-likeness (QED) is 0.557. The number of aliphatic hydroxyl groups is 2. The number of rotatable bonds is 8. The fraction of sp³-hybridized carbons (Fsp3) is 0.500. The summed E-state index contributed by atoms with van der Waals surface area (Å²) >= 11 is 0. The van der Waals surface area contributed by atoms with Gasteiger partial charge in [-0.3, -0.25) is 4.79 Å². The molecule has 106 valence electrons. The smallest absolute Gasteiger partial charge is 0.303 e. The number of carboxylic acid groups (broad SMARTS) is 1. The molecular weight excluding hydrogens is 246 g/mol. The van der Waals surface area contributed by atoms with Crippen molar-refractivity contribution in [2.45, 2.75) is 31.5 Å². The zero-order chi connectivity index (χ0) is 14.3. The van der Waals surface area contributed by atoms with Crippen LogP contribution in [0.25, 0.3) is 0 Å². The average molecular weight is 267 g/mol. The largest absolute Gasteiger partial charge is 0.481 e. The molecule has 1 aromatic carbocycles. The standard InChI is InChI=1S/C14H21NO4/c1-15-8-7-12(16)14(19)11-4-2-3-10(9-11)5-6-13(17)18/h2-4,9,12,14-16,19H,5-8H2,1H3,(H,17,18). The highest BCUT2D eigenvalue weighted by Crippen LogP contribution is 2.20. The fourth-order valence-corrected chi connectivity index (χ4v) is 1.86. The van der Waals surface area contributed by atoms with Crippen LogP contribution in [-0.4, -0.2) is 41.0 Å². The number of hydrogen-bond donors (Lipinski definition) is 4. The van der Waals surface area contributed by atoms with Crippen LogP contribution in [0, 0.1) is 0 Å². The van der Waals surface area contributed by atoms with Crippen molar-refractivity contribution in [2.75, 3.05) is 13.6 Å². The van der Waals surface area contributed by atoms with Crippen LogP contribution >= 0.6 is 0 Å². The molecule has 4 N–H and O–H groups in total. The molecule has 0 spiro atoms. The predicted octanol–water partition coefficient (Wildman–Crippen LogP) is 0.708. The zero-order valence-corrected chi connectivity index (χ0v) is 11.0. The van der Waals surface area contributed by atoms with E-state index in [4.69, 9.17) is 5.11 Å². The van der Waals surface area contributed by atoms with Gasteiger partial charge in [-0.05, 0) is 37.6 Å². The molecule has 0 radical (unpaired) electrons. The third-order valence-electron chi connectivity index (χ3n) is 2.97. The number of carbonyl (C=O) groups is 1. The average Bonchev–Trinajstić information content (AvgIpc) is 2.42. The summed E-state index contributed by atoms with van der Waals surface area (Å²) in [5, 5.41) is 31.4. The molecule has 1 aromatic rings. The summed E-state index contributed by atoms with van der Waals surface area (Å²) in [5.41, 5.74) is 1.46. The van der Waals surface area contributed by atoms with E-state index in [0.29, 0.717) is 24.9 Å². The Morgan fingerprint density at radius 1 is 1.37 bits per heavy atom. The Labute approximate surface area is 112 Å². The van der Waals surface area contributed by atoms with Crippen LogP contribution < -0.4 is 5.32 Å². The van der Waals surface area contributed by atoms with Gasteiger partial charge in [-0.1, -0.05) is 24.3 Å². The maximum absolute atomic E-state index is 10.5. The van der Waals surface area contributed by atoms with Gasteiger partial charge < -0.3 is 20.6 Å². The Kier molecular flexibility index (Phi) is 6.49. The molecule has 0 saturated carbocycles. The van der Waals surface area contributed by atoms with E-state index in [0.717, 1.165) is 5.56 Å². The van der Waals surface area contributed by atoms with Crippen molar-refractivity contribution < 1.29 is 20.1 Å². The minimum absolute atomic E-state index is 0.0574. The van der Waals surface area contributed by atoms with Crippen LogP contribution in [0.15, 0.2) is 24.3 Å². The molecule has 19 heavy (non-hydrogen) atoms. The number of aliphatic hydroxyl groups excluding tert-OH is 2. The lowest BCUT2D eigenvalue weighted by atomic mass is 9.98. The number of hydrogen-bond acceptors (Lipinski definition) is 4. The molecule has 0 aromatic heterocycles. The number of aryl methyl sites for hydroxylation is 1. The number of nitrogens with one attached hydrogen (secondary N) is 1. The van der Waals surface area contributed by atoms with E-state index in [1.807, 2.05) is 6.07 Å². The third kappa shape index (κ3) is 5.38. The number of benzene rings is 1. The van der Waals surface area contributed by atoms with Gasteiger partial charge in [0.05, 0.1) is 6.10 Å². The van der Waals surface area contributed by atoms with Crippen molar-refractivity contribution in [3.8, 4) is 0 Å². The summed E-state index contributed by atoms with van der Waals surface area (Å²) in [6.07, 6.45) is -0.846. The van der Waals surface area contributed by atoms with Crippen molar-refractivity contribution in [2.24, 2.45) is 0 Å². The van der Waals surface area contributed by atoms with E-state index in [9.17, 15) is 15.0 Å². The van der Waals surface area contributed by atoms with Crippen molar-refractivity contribution in [3.63, 3.8) is 0 Å². The monoisotopic (exact) mass is 267 g/mol. The lowest BCUT2D eigenvalue weighted by Gasteiger charge is -2.18. The highest BCUT2D eigenvalue weighted by Gasteiger charge is 2.18. The summed E-state index contributed by atoms with van der Waals surface area (Å²) < 4.78 is 0. The van der Waals surface area contributed by atoms with Crippen molar-refractivity contribution in [1.29, 1.82) is 0 Å². The lowest BCUT2D eigenvalue weighted by Crippen LogP contribution is -2.23. The van der Waals surface area contributed by atoms with Gasteiger partial charge in [-0.25, -0.2) is 0 Å². The van der Waals surface area contributed by atoms with Crippen LogP contribution in [0.3, 0.4) is 0 Å². The van der Waals surface area contributed by atoms with Crippen molar-refractivity contribution in [1.82, 2.24) is 5.32 Å². The van der Waals surface area contributed by atoms with E-state index in [-0.39, 0.29) is 6.42 Å². The minimum Gasteiger partial charge on any atom is -0.481 e. The molecule has 0 aliphatic carbocycles. The predicted molar refractivity (Wildman–Crippen MR) is 71.9 cm³/mol.